The molecule has 2 saturated carbocycles. The van der Waals surface area contributed by atoms with Gasteiger partial charge in [-0.3, -0.25) is 4.21 Å². The van der Waals surface area contributed by atoms with Crippen molar-refractivity contribution >= 4 is 10.8 Å². The van der Waals surface area contributed by atoms with Gasteiger partial charge in [0.1, 0.15) is 0 Å². The second kappa shape index (κ2) is 4.46. The molecule has 1 N–H and O–H groups in total. The molecule has 2 nitrogen and oxygen atoms in total. The van der Waals surface area contributed by atoms with Gasteiger partial charge in [-0.2, -0.15) is 0 Å². The summed E-state index contributed by atoms with van der Waals surface area (Å²) in [6.45, 7) is 2.03. The van der Waals surface area contributed by atoms with Crippen LogP contribution in [0.1, 0.15) is 37.7 Å². The van der Waals surface area contributed by atoms with Crippen LogP contribution in [0.5, 0.6) is 0 Å². The Labute approximate surface area is 111 Å². The average molecular weight is 264 g/mol. The normalized spacial score (nSPS) is 36.6. The highest BCUT2D eigenvalue weighted by molar-refractivity contribution is 7.85. The topological polar surface area (TPSA) is 37.3 Å². The molecule has 98 valence electrons. The van der Waals surface area contributed by atoms with Crippen LogP contribution in [0, 0.1) is 12.8 Å². The van der Waals surface area contributed by atoms with E-state index in [1.165, 1.54) is 12.0 Å². The molecule has 0 aromatic heterocycles. The Morgan fingerprint density at radius 1 is 1.28 bits per heavy atom. The minimum absolute atomic E-state index is 0.0505. The lowest BCUT2D eigenvalue weighted by Gasteiger charge is -2.54. The van der Waals surface area contributed by atoms with Gasteiger partial charge in [0.05, 0.1) is 21.7 Å². The van der Waals surface area contributed by atoms with Gasteiger partial charge in [0.25, 0.3) is 0 Å². The smallest absolute Gasteiger partial charge is 0.0822 e. The van der Waals surface area contributed by atoms with E-state index in [4.69, 9.17) is 0 Å². The summed E-state index contributed by atoms with van der Waals surface area (Å²) in [4.78, 5) is 0.864. The molecule has 0 unspecified atom stereocenters. The first-order valence-electron chi connectivity index (χ1n) is 6.81. The van der Waals surface area contributed by atoms with Gasteiger partial charge >= 0.3 is 0 Å². The van der Waals surface area contributed by atoms with E-state index in [2.05, 4.69) is 0 Å². The van der Waals surface area contributed by atoms with E-state index in [1.807, 2.05) is 31.2 Å². The van der Waals surface area contributed by atoms with Crippen molar-refractivity contribution in [2.75, 3.05) is 0 Å². The first kappa shape index (κ1) is 12.4. The van der Waals surface area contributed by atoms with Crippen molar-refractivity contribution in [2.45, 2.75) is 54.8 Å². The minimum atomic E-state index is -1.06. The Bertz CT molecular complexity index is 468. The van der Waals surface area contributed by atoms with Crippen LogP contribution in [0.2, 0.25) is 0 Å². The SMILES string of the molecule is Cc1ccc([S@](=O)[C@@H]2C[C@H]3CCCC[C@]32O)cc1. The number of aryl methyl sites for hydroxylation is 1. The van der Waals surface area contributed by atoms with Gasteiger partial charge in [-0.05, 0) is 44.2 Å². The number of aliphatic hydroxyl groups is 1. The summed E-state index contributed by atoms with van der Waals surface area (Å²) < 4.78 is 12.5. The molecule has 0 saturated heterocycles. The van der Waals surface area contributed by atoms with E-state index < -0.39 is 16.4 Å². The summed E-state index contributed by atoms with van der Waals surface area (Å²) in [7, 11) is -1.06. The van der Waals surface area contributed by atoms with Gasteiger partial charge in [-0.15, -0.1) is 0 Å². The van der Waals surface area contributed by atoms with Gasteiger partial charge in [0.2, 0.25) is 0 Å². The third kappa shape index (κ3) is 1.84. The predicted octanol–water partition coefficient (Wildman–Crippen LogP) is 2.80. The maximum Gasteiger partial charge on any atom is 0.0822 e. The molecular formula is C15H20O2S. The quantitative estimate of drug-likeness (QED) is 0.892. The van der Waals surface area contributed by atoms with Crippen LogP contribution in [-0.4, -0.2) is 20.2 Å². The number of hydrogen-bond donors (Lipinski definition) is 1. The van der Waals surface area contributed by atoms with E-state index in [-0.39, 0.29) is 5.25 Å². The second-order valence-electron chi connectivity index (χ2n) is 5.77. The summed E-state index contributed by atoms with van der Waals surface area (Å²) >= 11 is 0. The fourth-order valence-corrected chi connectivity index (χ4v) is 5.23. The first-order valence-corrected chi connectivity index (χ1v) is 8.02. The second-order valence-corrected chi connectivity index (χ2v) is 7.40. The van der Waals surface area contributed by atoms with Crippen molar-refractivity contribution in [1.29, 1.82) is 0 Å². The van der Waals surface area contributed by atoms with Crippen LogP contribution in [0.15, 0.2) is 29.2 Å². The number of benzene rings is 1. The molecule has 1 aromatic carbocycles. The van der Waals surface area contributed by atoms with Crippen LogP contribution < -0.4 is 0 Å². The molecule has 0 amide bonds. The first-order chi connectivity index (χ1) is 8.61. The standard InChI is InChI=1S/C15H20O2S/c1-11-5-7-13(8-6-11)18(17)14-10-12-4-2-3-9-15(12,14)16/h5-8,12,14,16H,2-4,9-10H2,1H3/t12-,14-,15+,18+/m1/s1. The van der Waals surface area contributed by atoms with E-state index in [0.717, 1.165) is 30.6 Å². The fraction of sp³-hybridized carbons (Fsp3) is 0.600. The van der Waals surface area contributed by atoms with Crippen molar-refractivity contribution in [3.8, 4) is 0 Å². The third-order valence-corrected chi connectivity index (χ3v) is 6.51. The zero-order valence-corrected chi connectivity index (χ0v) is 11.6. The fourth-order valence-electron chi connectivity index (χ4n) is 3.41. The minimum Gasteiger partial charge on any atom is -0.388 e. The Balaban J connectivity index is 1.80. The summed E-state index contributed by atoms with van der Waals surface area (Å²) in [6, 6.07) is 7.86. The molecule has 0 bridgehead atoms. The maximum atomic E-state index is 12.5. The highest BCUT2D eigenvalue weighted by Crippen LogP contribution is 2.51. The van der Waals surface area contributed by atoms with E-state index in [9.17, 15) is 9.32 Å². The summed E-state index contributed by atoms with van der Waals surface area (Å²) in [5, 5.41) is 10.6. The molecule has 2 aliphatic rings. The lowest BCUT2D eigenvalue weighted by Crippen LogP contribution is -2.62. The van der Waals surface area contributed by atoms with Crippen LogP contribution >= 0.6 is 0 Å². The maximum absolute atomic E-state index is 12.5. The summed E-state index contributed by atoms with van der Waals surface area (Å²) in [5.74, 6) is 0.394. The molecule has 2 aliphatic carbocycles. The predicted molar refractivity (Wildman–Crippen MR) is 72.9 cm³/mol. The average Bonchev–Trinajstić information content (AvgIpc) is 2.35. The Hall–Kier alpha value is -0.670. The zero-order chi connectivity index (χ0) is 12.8. The van der Waals surface area contributed by atoms with Crippen LogP contribution in [-0.2, 0) is 10.8 Å². The molecule has 0 aliphatic heterocycles. The zero-order valence-electron chi connectivity index (χ0n) is 10.8. The van der Waals surface area contributed by atoms with Crippen molar-refractivity contribution in [3.05, 3.63) is 29.8 Å². The highest BCUT2D eigenvalue weighted by atomic mass is 32.2. The van der Waals surface area contributed by atoms with Crippen molar-refractivity contribution < 1.29 is 9.32 Å². The molecule has 3 rings (SSSR count). The van der Waals surface area contributed by atoms with Gasteiger partial charge in [-0.1, -0.05) is 30.5 Å². The lowest BCUT2D eigenvalue weighted by molar-refractivity contribution is -0.113. The molecule has 18 heavy (non-hydrogen) atoms. The number of rotatable bonds is 2. The van der Waals surface area contributed by atoms with E-state index in [1.54, 1.807) is 0 Å². The Morgan fingerprint density at radius 2 is 2.00 bits per heavy atom. The molecule has 1 aromatic rings. The van der Waals surface area contributed by atoms with Crippen LogP contribution in [0.25, 0.3) is 0 Å². The van der Waals surface area contributed by atoms with Gasteiger partial charge in [0, 0.05) is 4.90 Å². The molecule has 0 heterocycles. The van der Waals surface area contributed by atoms with Gasteiger partial charge in [-0.25, -0.2) is 0 Å². The van der Waals surface area contributed by atoms with Gasteiger partial charge < -0.3 is 5.11 Å². The number of fused-ring (bicyclic) bond motifs is 1. The molecule has 2 fully saturated rings. The Kier molecular flexibility index (Phi) is 3.07. The third-order valence-electron chi connectivity index (χ3n) is 4.65. The molecular weight excluding hydrogens is 244 g/mol. The highest BCUT2D eigenvalue weighted by Gasteiger charge is 2.57. The van der Waals surface area contributed by atoms with Crippen LogP contribution in [0.3, 0.4) is 0 Å². The summed E-state index contributed by atoms with van der Waals surface area (Å²) in [6.07, 6.45) is 5.17. The molecule has 0 spiro atoms. The number of hydrogen-bond acceptors (Lipinski definition) is 2. The Morgan fingerprint density at radius 3 is 2.67 bits per heavy atom. The van der Waals surface area contributed by atoms with Crippen molar-refractivity contribution in [3.63, 3.8) is 0 Å². The monoisotopic (exact) mass is 264 g/mol. The van der Waals surface area contributed by atoms with E-state index >= 15 is 0 Å². The van der Waals surface area contributed by atoms with Gasteiger partial charge in [0.15, 0.2) is 0 Å². The summed E-state index contributed by atoms with van der Waals surface area (Å²) in [5.41, 5.74) is 0.534. The van der Waals surface area contributed by atoms with Crippen molar-refractivity contribution in [2.24, 2.45) is 5.92 Å². The van der Waals surface area contributed by atoms with E-state index in [0.29, 0.717) is 5.92 Å². The molecule has 4 atom stereocenters. The van der Waals surface area contributed by atoms with Crippen LogP contribution in [0.4, 0.5) is 0 Å². The molecule has 0 radical (unpaired) electrons. The van der Waals surface area contributed by atoms with Crippen molar-refractivity contribution in [1.82, 2.24) is 0 Å². The largest absolute Gasteiger partial charge is 0.388 e. The lowest BCUT2D eigenvalue weighted by atomic mass is 9.61. The molecule has 3 heteroatoms.